The van der Waals surface area contributed by atoms with Gasteiger partial charge < -0.3 is 10.6 Å². The molecule has 25 heavy (non-hydrogen) atoms. The summed E-state index contributed by atoms with van der Waals surface area (Å²) in [5.41, 5.74) is -0.274. The quantitative estimate of drug-likeness (QED) is 0.799. The number of nitrogens with one attached hydrogen (secondary N) is 2. The Morgan fingerprint density at radius 2 is 2.16 bits per heavy atom. The van der Waals surface area contributed by atoms with E-state index in [0.29, 0.717) is 5.56 Å². The highest BCUT2D eigenvalue weighted by molar-refractivity contribution is 7.08. The van der Waals surface area contributed by atoms with Crippen LogP contribution in [0.25, 0.3) is 0 Å². The molecule has 1 aliphatic heterocycles. The van der Waals surface area contributed by atoms with Crippen molar-refractivity contribution in [3.63, 3.8) is 0 Å². The van der Waals surface area contributed by atoms with Crippen molar-refractivity contribution in [3.05, 3.63) is 51.4 Å². The average molecular weight is 382 g/mol. The Morgan fingerprint density at radius 1 is 1.40 bits per heavy atom. The Bertz CT molecular complexity index is 858. The fraction of sp³-hybridized carbons (Fsp3) is 0.188. The number of hydrogen-bond donors (Lipinski definition) is 2. The molecule has 0 aliphatic carbocycles. The predicted molar refractivity (Wildman–Crippen MR) is 92.0 cm³/mol. The molecule has 1 aromatic carbocycles. The van der Waals surface area contributed by atoms with Crippen LogP contribution in [0.5, 0.6) is 0 Å². The summed E-state index contributed by atoms with van der Waals surface area (Å²) in [6.45, 7) is 1.13. The number of halogens is 2. The summed E-state index contributed by atoms with van der Waals surface area (Å²) < 4.78 is 13.1. The molecule has 1 fully saturated rings. The van der Waals surface area contributed by atoms with Gasteiger partial charge in [-0.05, 0) is 47.5 Å². The number of imide groups is 1. The lowest BCUT2D eigenvalue weighted by atomic mass is 9.95. The second-order valence-electron chi connectivity index (χ2n) is 5.64. The second-order valence-corrected chi connectivity index (χ2v) is 6.82. The van der Waals surface area contributed by atoms with Gasteiger partial charge in [-0.15, -0.1) is 0 Å². The second kappa shape index (κ2) is 6.45. The lowest BCUT2D eigenvalue weighted by Gasteiger charge is -2.20. The van der Waals surface area contributed by atoms with E-state index in [1.54, 1.807) is 23.8 Å². The molecule has 6 nitrogen and oxygen atoms in total. The summed E-state index contributed by atoms with van der Waals surface area (Å²) in [6, 6.07) is 4.79. The van der Waals surface area contributed by atoms with Crippen LogP contribution in [-0.4, -0.2) is 29.3 Å². The third-order valence-electron chi connectivity index (χ3n) is 3.88. The first-order valence-corrected chi connectivity index (χ1v) is 8.55. The van der Waals surface area contributed by atoms with Gasteiger partial charge in [-0.3, -0.25) is 14.5 Å². The van der Waals surface area contributed by atoms with Crippen molar-refractivity contribution >= 4 is 46.5 Å². The number of anilines is 1. The molecular weight excluding hydrogens is 369 g/mol. The first kappa shape index (κ1) is 17.4. The molecule has 0 bridgehead atoms. The summed E-state index contributed by atoms with van der Waals surface area (Å²) in [6.07, 6.45) is 0. The van der Waals surface area contributed by atoms with Crippen LogP contribution in [0.4, 0.5) is 14.9 Å². The Labute approximate surface area is 151 Å². The van der Waals surface area contributed by atoms with E-state index in [-0.39, 0.29) is 10.7 Å². The van der Waals surface area contributed by atoms with Crippen molar-refractivity contribution in [1.82, 2.24) is 10.2 Å². The molecule has 1 unspecified atom stereocenters. The van der Waals surface area contributed by atoms with Crippen LogP contribution in [-0.2, 0) is 15.1 Å². The summed E-state index contributed by atoms with van der Waals surface area (Å²) >= 11 is 7.06. The van der Waals surface area contributed by atoms with Gasteiger partial charge in [0.2, 0.25) is 5.91 Å². The number of carbonyl (C=O) groups excluding carboxylic acids is 3. The highest BCUT2D eigenvalue weighted by Gasteiger charge is 2.49. The van der Waals surface area contributed by atoms with Crippen LogP contribution in [0.2, 0.25) is 5.02 Å². The van der Waals surface area contributed by atoms with Gasteiger partial charge in [0.1, 0.15) is 17.9 Å². The Kier molecular flexibility index (Phi) is 4.49. The monoisotopic (exact) mass is 381 g/mol. The molecule has 1 atom stereocenters. The number of amides is 4. The number of urea groups is 1. The predicted octanol–water partition coefficient (Wildman–Crippen LogP) is 2.95. The summed E-state index contributed by atoms with van der Waals surface area (Å²) in [5.74, 6) is -1.72. The van der Waals surface area contributed by atoms with Crippen molar-refractivity contribution in [1.29, 1.82) is 0 Å². The lowest BCUT2D eigenvalue weighted by molar-refractivity contribution is -0.133. The molecule has 2 aromatic rings. The maximum Gasteiger partial charge on any atom is 0.325 e. The molecular formula is C16H13ClFN3O3S. The van der Waals surface area contributed by atoms with Gasteiger partial charge >= 0.3 is 6.03 Å². The third-order valence-corrected chi connectivity index (χ3v) is 4.85. The van der Waals surface area contributed by atoms with Gasteiger partial charge in [0.05, 0.1) is 5.02 Å². The van der Waals surface area contributed by atoms with Crippen LogP contribution >= 0.6 is 22.9 Å². The van der Waals surface area contributed by atoms with Crippen molar-refractivity contribution < 1.29 is 18.8 Å². The van der Waals surface area contributed by atoms with Crippen molar-refractivity contribution in [2.75, 3.05) is 11.9 Å². The summed E-state index contributed by atoms with van der Waals surface area (Å²) in [7, 11) is 0. The van der Waals surface area contributed by atoms with Crippen LogP contribution in [0.15, 0.2) is 35.0 Å². The minimum absolute atomic E-state index is 0.141. The smallest absolute Gasteiger partial charge is 0.324 e. The van der Waals surface area contributed by atoms with Crippen LogP contribution < -0.4 is 10.6 Å². The normalized spacial score (nSPS) is 19.9. The Hall–Kier alpha value is -2.45. The number of carbonyl (C=O) groups is 3. The fourth-order valence-corrected chi connectivity index (χ4v) is 3.45. The minimum atomic E-state index is -1.20. The van der Waals surface area contributed by atoms with Gasteiger partial charge in [0, 0.05) is 5.69 Å². The van der Waals surface area contributed by atoms with Crippen LogP contribution in [0, 0.1) is 5.82 Å². The van der Waals surface area contributed by atoms with Gasteiger partial charge in [0.25, 0.3) is 5.91 Å². The highest BCUT2D eigenvalue weighted by Crippen LogP contribution is 2.30. The molecule has 3 rings (SSSR count). The topological polar surface area (TPSA) is 78.5 Å². The molecule has 4 amide bonds. The first-order chi connectivity index (χ1) is 11.8. The number of benzene rings is 1. The molecule has 0 radical (unpaired) electrons. The Balaban J connectivity index is 1.72. The SMILES string of the molecule is CC1(c2ccsc2)NC(=O)N(CC(=O)Nc2ccc(F)c(Cl)c2)C1=O. The van der Waals surface area contributed by atoms with E-state index < -0.39 is 35.7 Å². The first-order valence-electron chi connectivity index (χ1n) is 7.23. The van der Waals surface area contributed by atoms with E-state index in [0.717, 1.165) is 11.0 Å². The van der Waals surface area contributed by atoms with E-state index in [4.69, 9.17) is 11.6 Å². The molecule has 9 heteroatoms. The highest BCUT2D eigenvalue weighted by atomic mass is 35.5. The molecule has 2 N–H and O–H groups in total. The van der Waals surface area contributed by atoms with Gasteiger partial charge in [-0.25, -0.2) is 9.18 Å². The van der Waals surface area contributed by atoms with E-state index in [9.17, 15) is 18.8 Å². The maximum absolute atomic E-state index is 13.1. The standard InChI is InChI=1S/C16H13ClFN3O3S/c1-16(9-4-5-25-8-9)14(23)21(15(24)20-16)7-13(22)19-10-2-3-12(18)11(17)6-10/h2-6,8H,7H2,1H3,(H,19,22)(H,20,24). The van der Waals surface area contributed by atoms with E-state index in [1.807, 2.05) is 0 Å². The van der Waals surface area contributed by atoms with Gasteiger partial charge in [-0.1, -0.05) is 11.6 Å². The van der Waals surface area contributed by atoms with Crippen LogP contribution in [0.3, 0.4) is 0 Å². The number of thiophene rings is 1. The Morgan fingerprint density at radius 3 is 2.80 bits per heavy atom. The fourth-order valence-electron chi connectivity index (χ4n) is 2.50. The molecule has 1 aromatic heterocycles. The minimum Gasteiger partial charge on any atom is -0.324 e. The maximum atomic E-state index is 13.1. The number of nitrogens with zero attached hydrogens (tertiary/aromatic N) is 1. The number of rotatable bonds is 4. The van der Waals surface area contributed by atoms with Gasteiger partial charge in [-0.2, -0.15) is 11.3 Å². The molecule has 2 heterocycles. The molecule has 1 saturated heterocycles. The summed E-state index contributed by atoms with van der Waals surface area (Å²) in [4.78, 5) is 37.7. The zero-order chi connectivity index (χ0) is 18.2. The van der Waals surface area contributed by atoms with Crippen molar-refractivity contribution in [3.8, 4) is 0 Å². The summed E-state index contributed by atoms with van der Waals surface area (Å²) in [5, 5.41) is 8.51. The molecule has 1 aliphatic rings. The average Bonchev–Trinajstić information content (AvgIpc) is 3.16. The third kappa shape index (κ3) is 3.22. The van der Waals surface area contributed by atoms with E-state index in [1.165, 1.54) is 23.5 Å². The van der Waals surface area contributed by atoms with Gasteiger partial charge in [0.15, 0.2) is 0 Å². The zero-order valence-corrected chi connectivity index (χ0v) is 14.6. The van der Waals surface area contributed by atoms with Crippen LogP contribution in [0.1, 0.15) is 12.5 Å². The number of hydrogen-bond acceptors (Lipinski definition) is 4. The lowest BCUT2D eigenvalue weighted by Crippen LogP contribution is -2.41. The molecule has 130 valence electrons. The molecule has 0 saturated carbocycles. The van der Waals surface area contributed by atoms with Crippen molar-refractivity contribution in [2.24, 2.45) is 0 Å². The van der Waals surface area contributed by atoms with Crippen molar-refractivity contribution in [2.45, 2.75) is 12.5 Å². The largest absolute Gasteiger partial charge is 0.325 e. The van der Waals surface area contributed by atoms with E-state index >= 15 is 0 Å². The van der Waals surface area contributed by atoms with E-state index in [2.05, 4.69) is 10.6 Å². The zero-order valence-electron chi connectivity index (χ0n) is 13.0. The molecule has 0 spiro atoms.